The first-order valence-electron chi connectivity index (χ1n) is 8.70. The van der Waals surface area contributed by atoms with Crippen molar-refractivity contribution in [1.82, 2.24) is 20.1 Å². The number of amides is 1. The highest BCUT2D eigenvalue weighted by atomic mass is 35.5. The second-order valence-electron chi connectivity index (χ2n) is 6.49. The molecule has 2 aromatic heterocycles. The third-order valence-electron chi connectivity index (χ3n) is 4.79. The van der Waals surface area contributed by atoms with E-state index in [2.05, 4.69) is 15.2 Å². The molecule has 1 fully saturated rings. The fourth-order valence-corrected chi connectivity index (χ4v) is 3.77. The van der Waals surface area contributed by atoms with E-state index in [1.165, 1.54) is 0 Å². The van der Waals surface area contributed by atoms with Crippen LogP contribution in [0.15, 0.2) is 55.0 Å². The van der Waals surface area contributed by atoms with Gasteiger partial charge in [0.2, 0.25) is 5.91 Å². The van der Waals surface area contributed by atoms with Crippen molar-refractivity contribution >= 4 is 17.5 Å². The quantitative estimate of drug-likeness (QED) is 0.758. The number of hydrogen-bond donors (Lipinski definition) is 1. The summed E-state index contributed by atoms with van der Waals surface area (Å²) in [6.45, 7) is 0.762. The highest BCUT2D eigenvalue weighted by Gasteiger charge is 2.32. The van der Waals surface area contributed by atoms with E-state index in [0.29, 0.717) is 11.4 Å². The number of H-pyrrole nitrogens is 1. The smallest absolute Gasteiger partial charge is 0.227 e. The molecule has 3 aromatic rings. The molecule has 1 saturated heterocycles. The molecule has 3 heterocycles. The molecule has 5 nitrogen and oxygen atoms in total. The van der Waals surface area contributed by atoms with E-state index in [1.54, 1.807) is 12.4 Å². The average molecular weight is 367 g/mol. The molecule has 0 radical (unpaired) electrons. The van der Waals surface area contributed by atoms with Gasteiger partial charge in [0.25, 0.3) is 0 Å². The van der Waals surface area contributed by atoms with Crippen molar-refractivity contribution in [2.24, 2.45) is 0 Å². The molecule has 1 aromatic carbocycles. The van der Waals surface area contributed by atoms with Gasteiger partial charge in [-0.05, 0) is 42.2 Å². The molecule has 0 bridgehead atoms. The molecule has 26 heavy (non-hydrogen) atoms. The second-order valence-corrected chi connectivity index (χ2v) is 6.93. The zero-order chi connectivity index (χ0) is 17.9. The predicted octanol–water partition coefficient (Wildman–Crippen LogP) is 4.03. The topological polar surface area (TPSA) is 61.9 Å². The third kappa shape index (κ3) is 3.35. The molecule has 1 amide bonds. The molecule has 1 atom stereocenters. The van der Waals surface area contributed by atoms with Crippen LogP contribution in [0.3, 0.4) is 0 Å². The molecular weight excluding hydrogens is 348 g/mol. The van der Waals surface area contributed by atoms with Crippen LogP contribution in [-0.2, 0) is 11.2 Å². The standard InChI is InChI=1S/C20H19ClN4O/c21-16-6-1-5-15(11-16)17-13-23-24-20(17)18-7-3-9-25(18)19(26)10-14-4-2-8-22-12-14/h1-2,4-6,8,11-13,18H,3,7,9-10H2,(H,23,24)/t18-/m1/s1. The minimum Gasteiger partial charge on any atom is -0.334 e. The Morgan fingerprint density at radius 3 is 3.00 bits per heavy atom. The van der Waals surface area contributed by atoms with Crippen LogP contribution in [0.25, 0.3) is 11.1 Å². The number of benzene rings is 1. The summed E-state index contributed by atoms with van der Waals surface area (Å²) in [5, 5.41) is 8.04. The van der Waals surface area contributed by atoms with Crippen LogP contribution in [0.5, 0.6) is 0 Å². The normalized spacial score (nSPS) is 16.8. The SMILES string of the molecule is O=C(Cc1cccnc1)N1CCC[C@@H]1c1[nH]ncc1-c1cccc(Cl)c1. The average Bonchev–Trinajstić information content (AvgIpc) is 3.31. The zero-order valence-electron chi connectivity index (χ0n) is 14.2. The van der Waals surface area contributed by atoms with E-state index in [-0.39, 0.29) is 11.9 Å². The van der Waals surface area contributed by atoms with Gasteiger partial charge >= 0.3 is 0 Å². The van der Waals surface area contributed by atoms with Crippen molar-refractivity contribution in [2.75, 3.05) is 6.54 Å². The Morgan fingerprint density at radius 2 is 2.19 bits per heavy atom. The number of pyridine rings is 1. The lowest BCUT2D eigenvalue weighted by molar-refractivity contribution is -0.131. The Hall–Kier alpha value is -2.66. The number of aromatic amines is 1. The number of rotatable bonds is 4. The van der Waals surface area contributed by atoms with E-state index in [4.69, 9.17) is 11.6 Å². The van der Waals surface area contributed by atoms with Gasteiger partial charge in [-0.25, -0.2) is 0 Å². The molecule has 132 valence electrons. The molecule has 0 unspecified atom stereocenters. The fourth-order valence-electron chi connectivity index (χ4n) is 3.58. The molecule has 6 heteroatoms. The van der Waals surface area contributed by atoms with Gasteiger partial charge in [-0.3, -0.25) is 14.9 Å². The first-order valence-corrected chi connectivity index (χ1v) is 9.08. The first kappa shape index (κ1) is 16.8. The van der Waals surface area contributed by atoms with Gasteiger partial charge in [0.1, 0.15) is 0 Å². The minimum atomic E-state index is 0.00986. The molecule has 4 rings (SSSR count). The van der Waals surface area contributed by atoms with E-state index >= 15 is 0 Å². The molecule has 0 saturated carbocycles. The minimum absolute atomic E-state index is 0.00986. The number of halogens is 1. The number of hydrogen-bond acceptors (Lipinski definition) is 3. The third-order valence-corrected chi connectivity index (χ3v) is 5.02. The summed E-state index contributed by atoms with van der Waals surface area (Å²) >= 11 is 6.14. The van der Waals surface area contributed by atoms with Gasteiger partial charge in [-0.2, -0.15) is 5.10 Å². The summed E-state index contributed by atoms with van der Waals surface area (Å²) in [6, 6.07) is 11.5. The Kier molecular flexibility index (Phi) is 4.71. The van der Waals surface area contributed by atoms with Crippen molar-refractivity contribution in [3.05, 3.63) is 71.3 Å². The lowest BCUT2D eigenvalue weighted by Crippen LogP contribution is -2.32. The van der Waals surface area contributed by atoms with Crippen molar-refractivity contribution in [1.29, 1.82) is 0 Å². The van der Waals surface area contributed by atoms with E-state index in [1.807, 2.05) is 47.5 Å². The Morgan fingerprint density at radius 1 is 1.27 bits per heavy atom. The Bertz CT molecular complexity index is 909. The van der Waals surface area contributed by atoms with Crippen LogP contribution in [-0.4, -0.2) is 32.5 Å². The lowest BCUT2D eigenvalue weighted by Gasteiger charge is -2.25. The van der Waals surface area contributed by atoms with Crippen molar-refractivity contribution < 1.29 is 4.79 Å². The van der Waals surface area contributed by atoms with Gasteiger partial charge in [0.15, 0.2) is 0 Å². The number of nitrogens with zero attached hydrogens (tertiary/aromatic N) is 3. The summed E-state index contributed by atoms with van der Waals surface area (Å²) < 4.78 is 0. The molecule has 0 aliphatic carbocycles. The van der Waals surface area contributed by atoms with Crippen LogP contribution >= 0.6 is 11.6 Å². The van der Waals surface area contributed by atoms with Gasteiger partial charge in [-0.15, -0.1) is 0 Å². The summed E-state index contributed by atoms with van der Waals surface area (Å²) in [5.74, 6) is 0.118. The van der Waals surface area contributed by atoms with Crippen molar-refractivity contribution in [3.63, 3.8) is 0 Å². The molecular formula is C20H19ClN4O. The first-order chi connectivity index (χ1) is 12.7. The molecule has 0 spiro atoms. The number of nitrogens with one attached hydrogen (secondary N) is 1. The predicted molar refractivity (Wildman–Crippen MR) is 101 cm³/mol. The van der Waals surface area contributed by atoms with Crippen LogP contribution in [0.1, 0.15) is 30.1 Å². The van der Waals surface area contributed by atoms with E-state index in [0.717, 1.165) is 41.8 Å². The maximum atomic E-state index is 12.9. The Balaban J connectivity index is 1.60. The Labute approximate surface area is 157 Å². The number of carbonyl (C=O) groups is 1. The summed E-state index contributed by atoms with van der Waals surface area (Å²) in [4.78, 5) is 18.9. The summed E-state index contributed by atoms with van der Waals surface area (Å²) in [5.41, 5.74) is 3.92. The van der Waals surface area contributed by atoms with Crippen LogP contribution in [0, 0.1) is 0 Å². The van der Waals surface area contributed by atoms with Gasteiger partial charge in [0, 0.05) is 29.5 Å². The molecule has 1 aliphatic rings. The van der Waals surface area contributed by atoms with Gasteiger partial charge in [0.05, 0.1) is 24.4 Å². The van der Waals surface area contributed by atoms with Gasteiger partial charge < -0.3 is 4.90 Å². The summed E-state index contributed by atoms with van der Waals surface area (Å²) in [7, 11) is 0. The molecule has 1 N–H and O–H groups in total. The summed E-state index contributed by atoms with van der Waals surface area (Å²) in [6.07, 6.45) is 7.55. The monoisotopic (exact) mass is 366 g/mol. The van der Waals surface area contributed by atoms with Crippen molar-refractivity contribution in [3.8, 4) is 11.1 Å². The van der Waals surface area contributed by atoms with Crippen LogP contribution in [0.4, 0.5) is 0 Å². The fraction of sp³-hybridized carbons (Fsp3) is 0.250. The van der Waals surface area contributed by atoms with Crippen molar-refractivity contribution in [2.45, 2.75) is 25.3 Å². The second kappa shape index (κ2) is 7.30. The number of carbonyl (C=O) groups excluding carboxylic acids is 1. The number of likely N-dealkylation sites (tertiary alicyclic amines) is 1. The maximum Gasteiger partial charge on any atom is 0.227 e. The lowest BCUT2D eigenvalue weighted by atomic mass is 10.0. The zero-order valence-corrected chi connectivity index (χ0v) is 15.0. The number of aromatic nitrogens is 3. The van der Waals surface area contributed by atoms with Crippen LogP contribution < -0.4 is 0 Å². The van der Waals surface area contributed by atoms with E-state index in [9.17, 15) is 4.79 Å². The largest absolute Gasteiger partial charge is 0.334 e. The molecule has 1 aliphatic heterocycles. The van der Waals surface area contributed by atoms with Gasteiger partial charge in [-0.1, -0.05) is 29.8 Å². The van der Waals surface area contributed by atoms with E-state index < -0.39 is 0 Å². The van der Waals surface area contributed by atoms with Crippen LogP contribution in [0.2, 0.25) is 5.02 Å². The highest BCUT2D eigenvalue weighted by Crippen LogP contribution is 2.37. The highest BCUT2D eigenvalue weighted by molar-refractivity contribution is 6.30. The maximum absolute atomic E-state index is 12.9.